The fourth-order valence-electron chi connectivity index (χ4n) is 4.74. The summed E-state index contributed by atoms with van der Waals surface area (Å²) < 4.78 is 5.44. The standard InChI is InChI=1S/C25H33N5O2S/c1-18(33-2)20-7-6-19(23(26-20)30-12-10-25(8-9-25)11-13-30)24(31)28-21-4-3-5-22(27-21)29-14-16-32-17-15-29/h3-7,18H,8-17H2,1-2H3,(H,27,28,31). The number of amides is 1. The number of nitrogens with zero attached hydrogens (tertiary/aromatic N) is 4. The summed E-state index contributed by atoms with van der Waals surface area (Å²) in [6.07, 6.45) is 7.20. The Morgan fingerprint density at radius 1 is 1.03 bits per heavy atom. The number of piperidine rings is 1. The molecule has 1 amide bonds. The third kappa shape index (κ3) is 4.96. The van der Waals surface area contributed by atoms with E-state index in [1.807, 2.05) is 30.3 Å². The van der Waals surface area contributed by atoms with Crippen molar-refractivity contribution in [3.63, 3.8) is 0 Å². The van der Waals surface area contributed by atoms with Crippen LogP contribution in [0.1, 0.15) is 53.9 Å². The van der Waals surface area contributed by atoms with Crippen molar-refractivity contribution in [2.75, 3.05) is 60.8 Å². The molecule has 3 fully saturated rings. The first-order valence-electron chi connectivity index (χ1n) is 12.0. The van der Waals surface area contributed by atoms with Crippen LogP contribution in [-0.2, 0) is 4.74 Å². The van der Waals surface area contributed by atoms with E-state index in [1.165, 1.54) is 25.7 Å². The lowest BCUT2D eigenvalue weighted by Gasteiger charge is -2.34. The number of ether oxygens (including phenoxy) is 1. The van der Waals surface area contributed by atoms with Crippen molar-refractivity contribution >= 4 is 35.1 Å². The number of hydrogen-bond acceptors (Lipinski definition) is 7. The van der Waals surface area contributed by atoms with Gasteiger partial charge in [-0.1, -0.05) is 6.07 Å². The number of aromatic nitrogens is 2. The highest BCUT2D eigenvalue weighted by atomic mass is 32.2. The van der Waals surface area contributed by atoms with E-state index in [9.17, 15) is 4.79 Å². The molecule has 1 N–H and O–H groups in total. The molecule has 8 heteroatoms. The highest BCUT2D eigenvalue weighted by molar-refractivity contribution is 7.98. The number of carbonyl (C=O) groups excluding carboxylic acids is 1. The van der Waals surface area contributed by atoms with Crippen molar-refractivity contribution in [2.24, 2.45) is 5.41 Å². The van der Waals surface area contributed by atoms with Gasteiger partial charge in [0.25, 0.3) is 5.91 Å². The summed E-state index contributed by atoms with van der Waals surface area (Å²) in [6, 6.07) is 9.69. The van der Waals surface area contributed by atoms with Gasteiger partial charge < -0.3 is 19.9 Å². The number of carbonyl (C=O) groups is 1. The Hall–Kier alpha value is -2.32. The maximum atomic E-state index is 13.4. The van der Waals surface area contributed by atoms with E-state index in [-0.39, 0.29) is 11.2 Å². The van der Waals surface area contributed by atoms with Gasteiger partial charge in [0.2, 0.25) is 0 Å². The zero-order chi connectivity index (χ0) is 22.8. The summed E-state index contributed by atoms with van der Waals surface area (Å²) >= 11 is 1.77. The van der Waals surface area contributed by atoms with Crippen LogP contribution in [0.4, 0.5) is 17.5 Å². The largest absolute Gasteiger partial charge is 0.378 e. The van der Waals surface area contributed by atoms with E-state index < -0.39 is 0 Å². The molecular formula is C25H33N5O2S. The van der Waals surface area contributed by atoms with Gasteiger partial charge in [-0.15, -0.1) is 0 Å². The molecule has 1 spiro atoms. The van der Waals surface area contributed by atoms with E-state index in [4.69, 9.17) is 14.7 Å². The number of nitrogens with one attached hydrogen (secondary N) is 1. The number of rotatable bonds is 6. The fraction of sp³-hybridized carbons (Fsp3) is 0.560. The van der Waals surface area contributed by atoms with Crippen LogP contribution in [0.25, 0.3) is 0 Å². The van der Waals surface area contributed by atoms with Gasteiger partial charge in [0.1, 0.15) is 17.5 Å². The van der Waals surface area contributed by atoms with Crippen LogP contribution in [-0.4, -0.2) is 61.5 Å². The van der Waals surface area contributed by atoms with Crippen LogP contribution in [0.2, 0.25) is 0 Å². The molecule has 1 aliphatic carbocycles. The Balaban J connectivity index is 1.37. The summed E-state index contributed by atoms with van der Waals surface area (Å²) in [4.78, 5) is 27.6. The molecule has 3 aliphatic rings. The van der Waals surface area contributed by atoms with Crippen LogP contribution in [0.5, 0.6) is 0 Å². The van der Waals surface area contributed by atoms with Gasteiger partial charge in [0, 0.05) is 31.4 Å². The molecule has 4 heterocycles. The molecule has 33 heavy (non-hydrogen) atoms. The van der Waals surface area contributed by atoms with Crippen LogP contribution < -0.4 is 15.1 Å². The Labute approximate surface area is 200 Å². The van der Waals surface area contributed by atoms with Gasteiger partial charge in [-0.05, 0) is 68.5 Å². The molecule has 1 saturated carbocycles. The molecule has 5 rings (SSSR count). The summed E-state index contributed by atoms with van der Waals surface area (Å²) in [5.74, 6) is 2.08. The molecule has 176 valence electrons. The van der Waals surface area contributed by atoms with Gasteiger partial charge in [-0.2, -0.15) is 11.8 Å². The van der Waals surface area contributed by atoms with Crippen LogP contribution in [0.3, 0.4) is 0 Å². The lowest BCUT2D eigenvalue weighted by molar-refractivity contribution is 0.102. The van der Waals surface area contributed by atoms with Crippen molar-refractivity contribution in [1.29, 1.82) is 0 Å². The Morgan fingerprint density at radius 3 is 2.48 bits per heavy atom. The van der Waals surface area contributed by atoms with Crippen molar-refractivity contribution in [1.82, 2.24) is 9.97 Å². The maximum absolute atomic E-state index is 13.4. The van der Waals surface area contributed by atoms with Gasteiger partial charge in [0.05, 0.1) is 24.5 Å². The quantitative estimate of drug-likeness (QED) is 0.676. The molecular weight excluding hydrogens is 434 g/mol. The first-order valence-corrected chi connectivity index (χ1v) is 13.3. The third-order valence-corrected chi connectivity index (χ3v) is 8.25. The lowest BCUT2D eigenvalue weighted by atomic mass is 9.93. The van der Waals surface area contributed by atoms with E-state index in [0.29, 0.717) is 30.0 Å². The second-order valence-corrected chi connectivity index (χ2v) is 10.6. The molecule has 2 aliphatic heterocycles. The van der Waals surface area contributed by atoms with Crippen LogP contribution >= 0.6 is 11.8 Å². The highest BCUT2D eigenvalue weighted by Crippen LogP contribution is 2.54. The van der Waals surface area contributed by atoms with Crippen molar-refractivity contribution in [2.45, 2.75) is 37.9 Å². The van der Waals surface area contributed by atoms with Crippen molar-refractivity contribution < 1.29 is 9.53 Å². The monoisotopic (exact) mass is 467 g/mol. The predicted octanol–water partition coefficient (Wildman–Crippen LogP) is 4.37. The summed E-state index contributed by atoms with van der Waals surface area (Å²) in [5, 5.41) is 3.31. The minimum absolute atomic E-state index is 0.154. The molecule has 2 aromatic rings. The summed E-state index contributed by atoms with van der Waals surface area (Å²) in [6.45, 7) is 7.11. The van der Waals surface area contributed by atoms with Gasteiger partial charge in [0.15, 0.2) is 0 Å². The van der Waals surface area contributed by atoms with Crippen molar-refractivity contribution in [3.05, 3.63) is 41.6 Å². The van der Waals surface area contributed by atoms with Gasteiger partial charge >= 0.3 is 0 Å². The molecule has 1 unspecified atom stereocenters. The van der Waals surface area contributed by atoms with E-state index in [0.717, 1.165) is 43.5 Å². The zero-order valence-corrected chi connectivity index (χ0v) is 20.4. The van der Waals surface area contributed by atoms with Crippen LogP contribution in [0, 0.1) is 5.41 Å². The van der Waals surface area contributed by atoms with E-state index in [2.05, 4.69) is 28.3 Å². The van der Waals surface area contributed by atoms with Gasteiger partial charge in [-0.25, -0.2) is 9.97 Å². The van der Waals surface area contributed by atoms with E-state index in [1.54, 1.807) is 11.8 Å². The normalized spacial score (nSPS) is 20.5. The number of anilines is 3. The lowest BCUT2D eigenvalue weighted by Crippen LogP contribution is -2.37. The molecule has 1 atom stereocenters. The van der Waals surface area contributed by atoms with Gasteiger partial charge in [-0.3, -0.25) is 4.79 Å². The predicted molar refractivity (Wildman–Crippen MR) is 135 cm³/mol. The summed E-state index contributed by atoms with van der Waals surface area (Å²) in [7, 11) is 0. The maximum Gasteiger partial charge on any atom is 0.260 e. The minimum atomic E-state index is -0.154. The third-order valence-electron chi connectivity index (χ3n) is 7.30. The molecule has 7 nitrogen and oxygen atoms in total. The number of thioether (sulfide) groups is 1. The van der Waals surface area contributed by atoms with E-state index >= 15 is 0 Å². The first-order chi connectivity index (χ1) is 16.1. The number of pyridine rings is 2. The Morgan fingerprint density at radius 2 is 1.79 bits per heavy atom. The number of hydrogen-bond donors (Lipinski definition) is 1. The average molecular weight is 468 g/mol. The number of morpholine rings is 1. The highest BCUT2D eigenvalue weighted by Gasteiger charge is 2.45. The molecule has 2 saturated heterocycles. The Bertz CT molecular complexity index is 996. The summed E-state index contributed by atoms with van der Waals surface area (Å²) in [5.41, 5.74) is 2.22. The minimum Gasteiger partial charge on any atom is -0.378 e. The first kappa shape index (κ1) is 22.5. The molecule has 0 radical (unpaired) electrons. The smallest absolute Gasteiger partial charge is 0.260 e. The second kappa shape index (κ2) is 9.50. The van der Waals surface area contributed by atoms with Crippen molar-refractivity contribution in [3.8, 4) is 0 Å². The molecule has 0 aromatic carbocycles. The van der Waals surface area contributed by atoms with Crippen LogP contribution in [0.15, 0.2) is 30.3 Å². The zero-order valence-electron chi connectivity index (χ0n) is 19.5. The average Bonchev–Trinajstić information content (AvgIpc) is 3.63. The SMILES string of the molecule is CSC(C)c1ccc(C(=O)Nc2cccc(N3CCOCC3)n2)c(N2CCC3(CC2)CC3)n1. The molecule has 0 bridgehead atoms. The second-order valence-electron chi connectivity index (χ2n) is 9.41. The topological polar surface area (TPSA) is 70.6 Å². The fourth-order valence-corrected chi connectivity index (χ4v) is 5.12. The Kier molecular flexibility index (Phi) is 6.47. The molecule has 2 aromatic heterocycles.